The summed E-state index contributed by atoms with van der Waals surface area (Å²) in [6, 6.07) is 0. The Morgan fingerprint density at radius 2 is 2.31 bits per heavy atom. The van der Waals surface area contributed by atoms with Gasteiger partial charge < -0.3 is 14.2 Å². The molecule has 16 heavy (non-hydrogen) atoms. The van der Waals surface area contributed by atoms with Gasteiger partial charge in [0.2, 0.25) is 0 Å². The molecule has 2 rings (SSSR count). The fourth-order valence-electron chi connectivity index (χ4n) is 2.30. The van der Waals surface area contributed by atoms with Crippen LogP contribution >= 0.6 is 0 Å². The van der Waals surface area contributed by atoms with Crippen molar-refractivity contribution in [1.82, 2.24) is 0 Å². The van der Waals surface area contributed by atoms with Crippen LogP contribution in [0.4, 0.5) is 0 Å². The molecule has 5 nitrogen and oxygen atoms in total. The van der Waals surface area contributed by atoms with Crippen LogP contribution in [0, 0.1) is 5.92 Å². The molecular formula is C11H16O5. The molecule has 0 aromatic carbocycles. The topological polar surface area (TPSA) is 61.8 Å². The summed E-state index contributed by atoms with van der Waals surface area (Å²) in [6.45, 7) is 1.28. The van der Waals surface area contributed by atoms with Crippen LogP contribution in [0.2, 0.25) is 0 Å². The third-order valence-electron chi connectivity index (χ3n) is 3.25. The van der Waals surface area contributed by atoms with E-state index in [0.29, 0.717) is 32.5 Å². The maximum absolute atomic E-state index is 12.3. The van der Waals surface area contributed by atoms with Crippen molar-refractivity contribution in [3.8, 4) is 0 Å². The Morgan fingerprint density at radius 1 is 1.50 bits per heavy atom. The largest absolute Gasteiger partial charge is 0.468 e. The number of methoxy groups -OCH3 is 1. The van der Waals surface area contributed by atoms with Crippen molar-refractivity contribution in [3.05, 3.63) is 0 Å². The predicted octanol–water partition coefficient (Wildman–Crippen LogP) is 0.314. The summed E-state index contributed by atoms with van der Waals surface area (Å²) < 4.78 is 15.5. The molecule has 0 radical (unpaired) electrons. The molecule has 2 aliphatic heterocycles. The van der Waals surface area contributed by atoms with Crippen LogP contribution in [0.3, 0.4) is 0 Å². The molecule has 0 aromatic heterocycles. The monoisotopic (exact) mass is 228 g/mol. The van der Waals surface area contributed by atoms with E-state index in [4.69, 9.17) is 9.47 Å². The third kappa shape index (κ3) is 1.85. The summed E-state index contributed by atoms with van der Waals surface area (Å²) in [4.78, 5) is 23.8. The molecule has 2 unspecified atom stereocenters. The fourth-order valence-corrected chi connectivity index (χ4v) is 2.30. The van der Waals surface area contributed by atoms with Crippen LogP contribution in [-0.4, -0.2) is 44.3 Å². The molecule has 5 heteroatoms. The molecular weight excluding hydrogens is 212 g/mol. The Balaban J connectivity index is 2.21. The lowest BCUT2D eigenvalue weighted by Crippen LogP contribution is -2.46. The van der Waals surface area contributed by atoms with Crippen LogP contribution in [0.15, 0.2) is 0 Å². The van der Waals surface area contributed by atoms with Gasteiger partial charge in [-0.2, -0.15) is 0 Å². The van der Waals surface area contributed by atoms with E-state index in [1.165, 1.54) is 7.11 Å². The third-order valence-corrected chi connectivity index (χ3v) is 3.25. The van der Waals surface area contributed by atoms with Crippen LogP contribution in [-0.2, 0) is 23.8 Å². The first-order chi connectivity index (χ1) is 7.69. The fraction of sp³-hybridized carbons (Fsp3) is 0.818. The second kappa shape index (κ2) is 4.51. The van der Waals surface area contributed by atoms with Gasteiger partial charge in [0.15, 0.2) is 11.4 Å². The normalized spacial score (nSPS) is 35.1. The number of ketones is 1. The van der Waals surface area contributed by atoms with Crippen molar-refractivity contribution in [1.29, 1.82) is 0 Å². The highest BCUT2D eigenvalue weighted by molar-refractivity contribution is 6.03. The maximum atomic E-state index is 12.3. The lowest BCUT2D eigenvalue weighted by molar-refractivity contribution is -0.157. The molecule has 0 N–H and O–H groups in total. The first-order valence-electron chi connectivity index (χ1n) is 5.53. The highest BCUT2D eigenvalue weighted by Gasteiger charge is 2.49. The second-order valence-electron chi connectivity index (χ2n) is 4.23. The molecule has 0 amide bonds. The molecule has 90 valence electrons. The number of carbonyl (C=O) groups excluding carboxylic acids is 2. The maximum Gasteiger partial charge on any atom is 0.316 e. The zero-order valence-corrected chi connectivity index (χ0v) is 9.36. The predicted molar refractivity (Wildman–Crippen MR) is 53.9 cm³/mol. The van der Waals surface area contributed by atoms with Gasteiger partial charge in [-0.05, 0) is 12.8 Å². The summed E-state index contributed by atoms with van der Waals surface area (Å²) in [5.41, 5.74) is -0.893. The van der Waals surface area contributed by atoms with Crippen molar-refractivity contribution in [3.63, 3.8) is 0 Å². The molecule has 0 saturated carbocycles. The Labute approximate surface area is 94.0 Å². The first kappa shape index (κ1) is 11.5. The molecule has 2 atom stereocenters. The average Bonchev–Trinajstić information content (AvgIpc) is 2.71. The summed E-state index contributed by atoms with van der Waals surface area (Å²) in [6.07, 6.45) is 1.75. The highest BCUT2D eigenvalue weighted by Crippen LogP contribution is 2.32. The zero-order chi connectivity index (χ0) is 11.6. The summed E-state index contributed by atoms with van der Waals surface area (Å²) in [5.74, 6) is -1.31. The van der Waals surface area contributed by atoms with Crippen LogP contribution in [0.5, 0.6) is 0 Å². The Hall–Kier alpha value is -0.940. The zero-order valence-electron chi connectivity index (χ0n) is 9.36. The number of Topliss-reactive ketones (excluding diaryl/α,β-unsaturated/α-hetero) is 1. The average molecular weight is 228 g/mol. The summed E-state index contributed by atoms with van der Waals surface area (Å²) in [5, 5.41) is 0. The quantitative estimate of drug-likeness (QED) is 0.477. The second-order valence-corrected chi connectivity index (χ2v) is 4.23. The molecule has 2 saturated heterocycles. The van der Waals surface area contributed by atoms with Gasteiger partial charge in [-0.15, -0.1) is 0 Å². The van der Waals surface area contributed by atoms with Gasteiger partial charge in [0.25, 0.3) is 0 Å². The molecule has 1 spiro atoms. The highest BCUT2D eigenvalue weighted by atomic mass is 16.6. The molecule has 0 aromatic rings. The SMILES string of the molecule is COC(=O)C1CCCOC2(CCOC2)C1=O. The van der Waals surface area contributed by atoms with E-state index < -0.39 is 17.5 Å². The van der Waals surface area contributed by atoms with E-state index in [1.54, 1.807) is 0 Å². The standard InChI is InChI=1S/C11H16O5/c1-14-10(13)8-3-2-5-16-11(9(8)12)4-6-15-7-11/h8H,2-7H2,1H3. The number of rotatable bonds is 1. The summed E-state index contributed by atoms with van der Waals surface area (Å²) >= 11 is 0. The van der Waals surface area contributed by atoms with Crippen molar-refractivity contribution in [2.45, 2.75) is 24.9 Å². The molecule has 2 aliphatic rings. The molecule has 2 fully saturated rings. The van der Waals surface area contributed by atoms with Gasteiger partial charge in [0.1, 0.15) is 5.92 Å². The number of esters is 1. The number of hydrogen-bond donors (Lipinski definition) is 0. The van der Waals surface area contributed by atoms with Gasteiger partial charge in [0, 0.05) is 13.0 Å². The molecule has 0 aliphatic carbocycles. The van der Waals surface area contributed by atoms with Crippen LogP contribution in [0.25, 0.3) is 0 Å². The van der Waals surface area contributed by atoms with Gasteiger partial charge in [-0.1, -0.05) is 0 Å². The minimum absolute atomic E-state index is 0.172. The van der Waals surface area contributed by atoms with E-state index in [-0.39, 0.29) is 12.4 Å². The number of carbonyl (C=O) groups is 2. The Morgan fingerprint density at radius 3 is 2.94 bits per heavy atom. The van der Waals surface area contributed by atoms with Crippen LogP contribution < -0.4 is 0 Å². The smallest absolute Gasteiger partial charge is 0.316 e. The minimum Gasteiger partial charge on any atom is -0.468 e. The van der Waals surface area contributed by atoms with Crippen molar-refractivity contribution in [2.24, 2.45) is 5.92 Å². The molecule has 0 bridgehead atoms. The van der Waals surface area contributed by atoms with E-state index in [2.05, 4.69) is 4.74 Å². The number of hydrogen-bond acceptors (Lipinski definition) is 5. The summed E-state index contributed by atoms with van der Waals surface area (Å²) in [7, 11) is 1.30. The molecule has 2 heterocycles. The van der Waals surface area contributed by atoms with Gasteiger partial charge in [0.05, 0.1) is 20.3 Å². The first-order valence-corrected chi connectivity index (χ1v) is 5.53. The van der Waals surface area contributed by atoms with Gasteiger partial charge in [-0.3, -0.25) is 9.59 Å². The lowest BCUT2D eigenvalue weighted by atomic mass is 9.86. The van der Waals surface area contributed by atoms with E-state index >= 15 is 0 Å². The van der Waals surface area contributed by atoms with Crippen molar-refractivity contribution < 1.29 is 23.8 Å². The van der Waals surface area contributed by atoms with Gasteiger partial charge >= 0.3 is 5.97 Å². The van der Waals surface area contributed by atoms with Crippen molar-refractivity contribution >= 4 is 11.8 Å². The van der Waals surface area contributed by atoms with E-state index in [1.807, 2.05) is 0 Å². The Kier molecular flexibility index (Phi) is 3.25. The Bertz CT molecular complexity index is 293. The van der Waals surface area contributed by atoms with Gasteiger partial charge in [-0.25, -0.2) is 0 Å². The van der Waals surface area contributed by atoms with E-state index in [0.717, 1.165) is 0 Å². The van der Waals surface area contributed by atoms with Crippen LogP contribution in [0.1, 0.15) is 19.3 Å². The van der Waals surface area contributed by atoms with E-state index in [9.17, 15) is 9.59 Å². The van der Waals surface area contributed by atoms with Crippen molar-refractivity contribution in [2.75, 3.05) is 26.9 Å². The number of ether oxygens (including phenoxy) is 3. The minimum atomic E-state index is -0.893. The lowest BCUT2D eigenvalue weighted by Gasteiger charge is -2.26.